The number of aliphatic hydroxyl groups excluding tert-OH is 2. The number of carbonyl (C=O) groups is 3. The van der Waals surface area contributed by atoms with Gasteiger partial charge in [-0.15, -0.1) is 0 Å². The lowest BCUT2D eigenvalue weighted by Crippen LogP contribution is -2.68. The van der Waals surface area contributed by atoms with E-state index in [4.69, 9.17) is 94.7 Å². The smallest absolute Gasteiger partial charge is 0.311 e. The molecule has 8 aromatic carbocycles. The van der Waals surface area contributed by atoms with Crippen molar-refractivity contribution in [3.63, 3.8) is 0 Å². The number of ether oxygens (including phenoxy) is 20. The van der Waals surface area contributed by atoms with Crippen molar-refractivity contribution in [2.24, 2.45) is 5.41 Å². The van der Waals surface area contributed by atoms with Crippen molar-refractivity contribution in [3.05, 3.63) is 172 Å². The zero-order valence-corrected chi connectivity index (χ0v) is 84.3. The molecule has 137 heavy (non-hydrogen) atoms. The van der Waals surface area contributed by atoms with Gasteiger partial charge in [0.05, 0.1) is 219 Å². The minimum Gasteiger partial charge on any atom is -0.507 e. The van der Waals surface area contributed by atoms with Crippen LogP contribution in [-0.2, 0) is 56.3 Å². The molecule has 0 spiro atoms. The van der Waals surface area contributed by atoms with E-state index in [0.717, 1.165) is 90.2 Å². The molecule has 3 saturated heterocycles. The molecular weight excluding hydrogens is 1760 g/mol. The second-order valence-corrected chi connectivity index (χ2v) is 37.3. The predicted octanol–water partition coefficient (Wildman–Crippen LogP) is 13.6. The Balaban J connectivity index is 0.000000156. The number of nitrogens with zero attached hydrogens (tertiary/aromatic N) is 6. The summed E-state index contributed by atoms with van der Waals surface area (Å²) in [5, 5.41) is 36.6. The Hall–Kier alpha value is -11.6. The van der Waals surface area contributed by atoms with E-state index in [9.17, 15) is 24.9 Å². The molecule has 9 aliphatic rings. The fourth-order valence-electron chi connectivity index (χ4n) is 23.9. The van der Waals surface area contributed by atoms with Gasteiger partial charge in [-0.2, -0.15) is 0 Å². The number of piperazine rings is 3. The normalized spacial score (nSPS) is 23.1. The van der Waals surface area contributed by atoms with Gasteiger partial charge in [0.2, 0.25) is 5.91 Å². The summed E-state index contributed by atoms with van der Waals surface area (Å²) in [5.74, 6) is 8.45. The van der Waals surface area contributed by atoms with Gasteiger partial charge in [-0.25, -0.2) is 0 Å². The van der Waals surface area contributed by atoms with Crippen molar-refractivity contribution >= 4 is 17.7 Å². The van der Waals surface area contributed by atoms with Gasteiger partial charge >= 0.3 is 5.97 Å². The number of phenols is 1. The highest BCUT2D eigenvalue weighted by Crippen LogP contribution is 2.66. The number of rotatable bonds is 27. The van der Waals surface area contributed by atoms with Gasteiger partial charge in [0, 0.05) is 126 Å². The van der Waals surface area contributed by atoms with Gasteiger partial charge in [-0.05, 0) is 107 Å². The van der Waals surface area contributed by atoms with Crippen LogP contribution in [0.3, 0.4) is 0 Å². The van der Waals surface area contributed by atoms with E-state index >= 15 is 4.79 Å². The Morgan fingerprint density at radius 1 is 0.358 bits per heavy atom. The number of esters is 1. The van der Waals surface area contributed by atoms with Crippen LogP contribution in [0.1, 0.15) is 185 Å². The van der Waals surface area contributed by atoms with Crippen LogP contribution >= 0.6 is 0 Å². The van der Waals surface area contributed by atoms with Crippen LogP contribution in [0, 0.1) is 47.0 Å². The largest absolute Gasteiger partial charge is 0.507 e. The number of benzene rings is 8. The van der Waals surface area contributed by atoms with E-state index in [2.05, 4.69) is 45.8 Å². The molecule has 0 radical (unpaired) electrons. The molecule has 9 aliphatic heterocycles. The highest BCUT2D eigenvalue weighted by Gasteiger charge is 2.63. The molecular formula is C105H134N6O26. The second kappa shape index (κ2) is 40.1. The maximum absolute atomic E-state index is 15.1. The topological polar surface area (TPSA) is 316 Å². The van der Waals surface area contributed by atoms with Gasteiger partial charge in [0.25, 0.3) is 0 Å². The molecule has 0 aliphatic carbocycles. The summed E-state index contributed by atoms with van der Waals surface area (Å²) in [6.45, 7) is 19.2. The molecule has 14 atom stereocenters. The van der Waals surface area contributed by atoms with Crippen LogP contribution in [0.15, 0.2) is 60.7 Å². The average molecular weight is 1900 g/mol. The lowest BCUT2D eigenvalue weighted by molar-refractivity contribution is -0.173. The quantitative estimate of drug-likeness (QED) is 0.0403. The van der Waals surface area contributed by atoms with E-state index in [1.807, 2.05) is 95.1 Å². The first-order valence-corrected chi connectivity index (χ1v) is 46.1. The third kappa shape index (κ3) is 16.0. The maximum atomic E-state index is 15.1. The lowest BCUT2D eigenvalue weighted by atomic mass is 9.72. The molecule has 32 nitrogen and oxygen atoms in total. The fraction of sp³-hybridized carbons (Fsp3) is 0.514. The van der Waals surface area contributed by atoms with Crippen LogP contribution in [0.5, 0.6) is 103 Å². The molecule has 17 rings (SSSR count). The highest BCUT2D eigenvalue weighted by atomic mass is 16.6. The number of methoxy groups -OCH3 is 17. The maximum Gasteiger partial charge on any atom is 0.311 e. The van der Waals surface area contributed by atoms with Crippen LogP contribution in [0.25, 0.3) is 0 Å². The van der Waals surface area contributed by atoms with Crippen molar-refractivity contribution in [3.8, 4) is 103 Å². The van der Waals surface area contributed by atoms with Gasteiger partial charge in [-0.3, -0.25) is 38.9 Å². The first-order chi connectivity index (χ1) is 65.7. The SMILES string of the molecule is COc1c(C)c(OC)c(OC)c2c1C[C@H]1C(=O)N3[C@@H](COC(=O)C(C)(C)C)c4c(OC)c(OC)c(C)c(O)c4C(O)[C@H]3[C@@H]2N1C.COc1c(C)c(OC)c(OC)c2c1C[C@H]1CN3[C@H](C(=O)c4c(OC)c(C)c(OC)c(OC)c4[C@@H]3COCc3ccccc3)[C@@H]2N1C.COc1c(C)c(OC)c(OC)c2c1C[C@H]1CN3[C@H](C(O)c4c(OC)c(C)c(OC)c(OC)c4[C@@H]3COCc3ccccc3)[C@@H]2N1C. The number of Topliss-reactive ketones (excluding diaryl/α,β-unsaturated/α-hetero) is 1. The number of hydrogen-bond acceptors (Lipinski definition) is 31. The van der Waals surface area contributed by atoms with Gasteiger partial charge < -0.3 is 115 Å². The predicted molar refractivity (Wildman–Crippen MR) is 511 cm³/mol. The van der Waals surface area contributed by atoms with Gasteiger partial charge in [0.1, 0.15) is 53.3 Å². The number of likely N-dealkylation sites (N-methyl/N-ethyl adjacent to an activating group) is 3. The number of aliphatic hydroxyl groups is 2. The van der Waals surface area contributed by atoms with Crippen molar-refractivity contribution in [1.29, 1.82) is 0 Å². The summed E-state index contributed by atoms with van der Waals surface area (Å²) in [5.41, 5.74) is 14.4. The van der Waals surface area contributed by atoms with Crippen LogP contribution in [0.4, 0.5) is 0 Å². The Morgan fingerprint density at radius 3 is 1.12 bits per heavy atom. The number of carbonyl (C=O) groups excluding carboxylic acids is 3. The third-order valence-corrected chi connectivity index (χ3v) is 29.8. The molecule has 6 bridgehead atoms. The molecule has 740 valence electrons. The summed E-state index contributed by atoms with van der Waals surface area (Å²) in [6, 6.07) is 15.1. The van der Waals surface area contributed by atoms with E-state index in [-0.39, 0.29) is 77.4 Å². The molecule has 8 aromatic rings. The van der Waals surface area contributed by atoms with Gasteiger partial charge in [0.15, 0.2) is 74.8 Å². The molecule has 0 aromatic heterocycles. The number of hydrogen-bond donors (Lipinski definition) is 3. The number of phenolic OH excluding ortho intramolecular Hbond substituents is 1. The van der Waals surface area contributed by atoms with Crippen molar-refractivity contribution < 1.29 is 124 Å². The molecule has 0 saturated carbocycles. The first kappa shape index (κ1) is 99.9. The van der Waals surface area contributed by atoms with E-state index in [1.165, 1.54) is 14.2 Å². The van der Waals surface area contributed by atoms with E-state index < -0.39 is 59.8 Å². The number of fused-ring (bicyclic) bond motifs is 21. The van der Waals surface area contributed by atoms with Crippen molar-refractivity contribution in [2.75, 3.05) is 175 Å². The van der Waals surface area contributed by atoms with Crippen LogP contribution in [-0.4, -0.2) is 274 Å². The van der Waals surface area contributed by atoms with E-state index in [0.29, 0.717) is 160 Å². The van der Waals surface area contributed by atoms with Crippen molar-refractivity contribution in [1.82, 2.24) is 29.4 Å². The summed E-state index contributed by atoms with van der Waals surface area (Å²) < 4.78 is 120. The standard InChI is InChI=1S/C36H46N2O8.C36H44N2O8.C33H44N2O10/c2*1-19-31(40-4)23-15-22-16-38-24(18-46-17-21-13-11-10-12-14-21)26-27(32(41-5)20(2)34(43-7)36(26)45-9)30(39)29(38)28(37(22)3)25(23)35(44-8)33(19)42-6;1-14-24(36)21-20(30(44-11)27(14)41-8)18(13-45-32(39)33(3,4)5)35-23(25(21)37)22-19-16(12-17(31(35)38)34(22)6)26(40-7)15(2)28(42-9)29(19)43-10/h10-14,22,24,28-30,39H,15-18H2,1-9H3;10-14,22,24,28-29H,15-18H2,1-9H3;17-18,22-23,25,36-37H,12-13H2,1-11H3/t22-,24-,28+,29-,30?;22-,24-,28+,29-;17-,18-,22+,23+,25?/m000/s1. The van der Waals surface area contributed by atoms with Crippen molar-refractivity contribution in [2.45, 2.75) is 179 Å². The fourth-order valence-corrected chi connectivity index (χ4v) is 23.9. The molecule has 32 heteroatoms. The molecule has 3 N–H and O–H groups in total. The van der Waals surface area contributed by atoms with Crippen LogP contribution < -0.4 is 80.5 Å². The Labute approximate surface area is 802 Å². The highest BCUT2D eigenvalue weighted by molar-refractivity contribution is 6.07. The minimum atomic E-state index is -1.39. The summed E-state index contributed by atoms with van der Waals surface area (Å²) in [6.07, 6.45) is -0.581. The Bertz CT molecular complexity index is 5910. The first-order valence-electron chi connectivity index (χ1n) is 46.1. The monoisotopic (exact) mass is 1890 g/mol. The molecule has 2 unspecified atom stereocenters. The third-order valence-electron chi connectivity index (χ3n) is 29.8. The molecule has 9 heterocycles. The summed E-state index contributed by atoms with van der Waals surface area (Å²) in [7, 11) is 33.4. The molecule has 1 amide bonds. The average Bonchev–Trinajstić information content (AvgIpc) is 0.689. The number of amides is 1. The zero-order valence-electron chi connectivity index (χ0n) is 84.3. The summed E-state index contributed by atoms with van der Waals surface area (Å²) in [4.78, 5) is 55.8. The summed E-state index contributed by atoms with van der Waals surface area (Å²) >= 11 is 0. The lowest BCUT2D eigenvalue weighted by Gasteiger charge is -2.59. The number of aromatic hydroxyl groups is 1. The number of ketones is 1. The Morgan fingerprint density at radius 2 is 0.701 bits per heavy atom. The van der Waals surface area contributed by atoms with Crippen LogP contribution in [0.2, 0.25) is 0 Å². The van der Waals surface area contributed by atoms with E-state index in [1.54, 1.807) is 139 Å². The minimum absolute atomic E-state index is 0.0566. The van der Waals surface area contributed by atoms with Gasteiger partial charge in [-0.1, -0.05) is 60.7 Å². The Kier molecular flexibility index (Phi) is 29.2. The second-order valence-electron chi connectivity index (χ2n) is 37.3. The zero-order chi connectivity index (χ0) is 99.0. The molecule has 3 fully saturated rings.